The first-order valence-corrected chi connectivity index (χ1v) is 10.3. The first-order valence-electron chi connectivity index (χ1n) is 10.3. The first-order chi connectivity index (χ1) is 14.6. The number of rotatable bonds is 7. The summed E-state index contributed by atoms with van der Waals surface area (Å²) < 4.78 is 5.44. The molecule has 3 amide bonds. The Kier molecular flexibility index (Phi) is 7.54. The van der Waals surface area contributed by atoms with Gasteiger partial charge in [0.25, 0.3) is 0 Å². The fourth-order valence-corrected chi connectivity index (χ4v) is 3.59. The third-order valence-electron chi connectivity index (χ3n) is 5.28. The minimum Gasteiger partial charge on any atom is -0.495 e. The van der Waals surface area contributed by atoms with E-state index in [0.717, 1.165) is 30.1 Å². The second-order valence-corrected chi connectivity index (χ2v) is 7.36. The van der Waals surface area contributed by atoms with Crippen LogP contribution >= 0.6 is 0 Å². The van der Waals surface area contributed by atoms with Crippen molar-refractivity contribution in [3.05, 3.63) is 60.2 Å². The van der Waals surface area contributed by atoms with E-state index < -0.39 is 0 Å². The van der Waals surface area contributed by atoms with Crippen molar-refractivity contribution in [1.82, 2.24) is 15.1 Å². The molecule has 0 bridgehead atoms. The van der Waals surface area contributed by atoms with Crippen LogP contribution in [0.25, 0.3) is 0 Å². The number of piperazine rings is 1. The molecule has 1 saturated heterocycles. The second-order valence-electron chi connectivity index (χ2n) is 7.36. The third kappa shape index (κ3) is 5.65. The summed E-state index contributed by atoms with van der Waals surface area (Å²) in [6, 6.07) is 17.6. The molecule has 7 heteroatoms. The van der Waals surface area contributed by atoms with Crippen LogP contribution in [0, 0.1) is 0 Å². The molecule has 1 aliphatic heterocycles. The van der Waals surface area contributed by atoms with Gasteiger partial charge < -0.3 is 24.8 Å². The Labute approximate surface area is 178 Å². The van der Waals surface area contributed by atoms with Crippen molar-refractivity contribution in [3.63, 3.8) is 0 Å². The lowest BCUT2D eigenvalue weighted by Crippen LogP contribution is -2.49. The molecule has 1 aliphatic rings. The van der Waals surface area contributed by atoms with Crippen LogP contribution in [0.4, 0.5) is 10.5 Å². The number of nitrogens with zero attached hydrogens (tertiary/aromatic N) is 3. The van der Waals surface area contributed by atoms with Crippen molar-refractivity contribution in [1.29, 1.82) is 0 Å². The monoisotopic (exact) mass is 410 g/mol. The molecule has 0 spiro atoms. The molecule has 3 rings (SSSR count). The average molecular weight is 411 g/mol. The summed E-state index contributed by atoms with van der Waals surface area (Å²) in [5.41, 5.74) is 2.12. The average Bonchev–Trinajstić information content (AvgIpc) is 2.79. The number of ether oxygens (including phenoxy) is 1. The van der Waals surface area contributed by atoms with Crippen LogP contribution in [0.3, 0.4) is 0 Å². The number of anilines is 1. The van der Waals surface area contributed by atoms with Crippen LogP contribution in [0.15, 0.2) is 54.6 Å². The smallest absolute Gasteiger partial charge is 0.317 e. The zero-order chi connectivity index (χ0) is 21.3. The highest BCUT2D eigenvalue weighted by Gasteiger charge is 2.22. The normalized spacial score (nSPS) is 13.7. The molecule has 0 saturated carbocycles. The summed E-state index contributed by atoms with van der Waals surface area (Å²) in [6.07, 6.45) is 0.305. The molecule has 0 aromatic heterocycles. The molecule has 1 N–H and O–H groups in total. The molecular formula is C23H30N4O3. The molecule has 30 heavy (non-hydrogen) atoms. The van der Waals surface area contributed by atoms with E-state index in [-0.39, 0.29) is 11.9 Å². The van der Waals surface area contributed by atoms with Crippen LogP contribution < -0.4 is 15.0 Å². The number of hydrogen-bond acceptors (Lipinski definition) is 4. The Morgan fingerprint density at radius 2 is 1.67 bits per heavy atom. The zero-order valence-corrected chi connectivity index (χ0v) is 17.7. The summed E-state index contributed by atoms with van der Waals surface area (Å²) in [7, 11) is 3.42. The van der Waals surface area contributed by atoms with Crippen LogP contribution in [0.2, 0.25) is 0 Å². The molecule has 0 atom stereocenters. The van der Waals surface area contributed by atoms with Crippen LogP contribution in [-0.2, 0) is 11.3 Å². The van der Waals surface area contributed by atoms with Gasteiger partial charge >= 0.3 is 6.03 Å². The topological polar surface area (TPSA) is 65.1 Å². The van der Waals surface area contributed by atoms with E-state index in [0.29, 0.717) is 32.6 Å². The van der Waals surface area contributed by atoms with Gasteiger partial charge in [0.05, 0.1) is 12.8 Å². The number of carbonyl (C=O) groups excluding carboxylic acids is 2. The number of methoxy groups -OCH3 is 1. The van der Waals surface area contributed by atoms with Crippen LogP contribution in [0.1, 0.15) is 12.0 Å². The van der Waals surface area contributed by atoms with E-state index in [1.807, 2.05) is 59.5 Å². The summed E-state index contributed by atoms with van der Waals surface area (Å²) in [6.45, 7) is 3.73. The summed E-state index contributed by atoms with van der Waals surface area (Å²) in [5.74, 6) is 0.917. The zero-order valence-electron chi connectivity index (χ0n) is 17.7. The third-order valence-corrected chi connectivity index (χ3v) is 5.28. The number of para-hydroxylation sites is 2. The van der Waals surface area contributed by atoms with Gasteiger partial charge in [-0.05, 0) is 17.7 Å². The van der Waals surface area contributed by atoms with Crippen molar-refractivity contribution in [2.45, 2.75) is 13.0 Å². The van der Waals surface area contributed by atoms with Gasteiger partial charge in [-0.2, -0.15) is 0 Å². The quantitative estimate of drug-likeness (QED) is 0.762. The van der Waals surface area contributed by atoms with Gasteiger partial charge in [0.1, 0.15) is 5.75 Å². The van der Waals surface area contributed by atoms with Crippen molar-refractivity contribution in [2.75, 3.05) is 51.8 Å². The van der Waals surface area contributed by atoms with Gasteiger partial charge in [-0.15, -0.1) is 0 Å². The number of nitrogens with one attached hydrogen (secondary N) is 1. The van der Waals surface area contributed by atoms with E-state index in [2.05, 4.69) is 10.2 Å². The standard InChI is InChI=1S/C23H30N4O3/c1-25(18-19-8-4-3-5-9-19)23(29)24-13-12-22(28)27-16-14-26(15-17-27)20-10-6-7-11-21(20)30-2/h3-11H,12-18H2,1-2H3,(H,24,29). The number of carbonyl (C=O) groups is 2. The van der Waals surface area contributed by atoms with Gasteiger partial charge in [0, 0.05) is 52.7 Å². The van der Waals surface area contributed by atoms with Crippen molar-refractivity contribution in [3.8, 4) is 5.75 Å². The number of hydrogen-bond donors (Lipinski definition) is 1. The van der Waals surface area contributed by atoms with E-state index in [1.54, 1.807) is 19.1 Å². The van der Waals surface area contributed by atoms with E-state index in [4.69, 9.17) is 4.74 Å². The largest absolute Gasteiger partial charge is 0.495 e. The molecule has 160 valence electrons. The second kappa shape index (κ2) is 10.5. The SMILES string of the molecule is COc1ccccc1N1CCN(C(=O)CCNC(=O)N(C)Cc2ccccc2)CC1. The molecule has 7 nitrogen and oxygen atoms in total. The Hall–Kier alpha value is -3.22. The van der Waals surface area contributed by atoms with Crippen molar-refractivity contribution >= 4 is 17.6 Å². The first kappa shape index (κ1) is 21.5. The lowest BCUT2D eigenvalue weighted by atomic mass is 10.2. The van der Waals surface area contributed by atoms with Gasteiger partial charge in [-0.1, -0.05) is 42.5 Å². The molecular weight excluding hydrogens is 380 g/mol. The molecule has 1 fully saturated rings. The van der Waals surface area contributed by atoms with Gasteiger partial charge in [0.15, 0.2) is 0 Å². The van der Waals surface area contributed by atoms with Crippen molar-refractivity contribution in [2.24, 2.45) is 0 Å². The fraction of sp³-hybridized carbons (Fsp3) is 0.391. The Balaban J connectivity index is 1.39. The molecule has 0 unspecified atom stereocenters. The molecule has 0 radical (unpaired) electrons. The summed E-state index contributed by atoms with van der Waals surface area (Å²) in [5, 5.41) is 2.83. The highest BCUT2D eigenvalue weighted by Crippen LogP contribution is 2.28. The van der Waals surface area contributed by atoms with E-state index in [9.17, 15) is 9.59 Å². The number of amides is 3. The molecule has 1 heterocycles. The minimum atomic E-state index is -0.173. The predicted molar refractivity (Wildman–Crippen MR) is 118 cm³/mol. The maximum Gasteiger partial charge on any atom is 0.317 e. The fourth-order valence-electron chi connectivity index (χ4n) is 3.59. The number of urea groups is 1. The van der Waals surface area contributed by atoms with Gasteiger partial charge in [-0.25, -0.2) is 4.79 Å². The van der Waals surface area contributed by atoms with Gasteiger partial charge in [0.2, 0.25) is 5.91 Å². The lowest BCUT2D eigenvalue weighted by Gasteiger charge is -2.36. The molecule has 0 aliphatic carbocycles. The Morgan fingerprint density at radius 1 is 1.00 bits per heavy atom. The van der Waals surface area contributed by atoms with E-state index in [1.165, 1.54) is 0 Å². The Bertz CT molecular complexity index is 835. The highest BCUT2D eigenvalue weighted by molar-refractivity contribution is 5.78. The number of benzene rings is 2. The summed E-state index contributed by atoms with van der Waals surface area (Å²) >= 11 is 0. The predicted octanol–water partition coefficient (Wildman–Crippen LogP) is 2.58. The lowest BCUT2D eigenvalue weighted by molar-refractivity contribution is -0.131. The van der Waals surface area contributed by atoms with Crippen LogP contribution in [0.5, 0.6) is 5.75 Å². The van der Waals surface area contributed by atoms with Gasteiger partial charge in [-0.3, -0.25) is 4.79 Å². The minimum absolute atomic E-state index is 0.0701. The van der Waals surface area contributed by atoms with E-state index >= 15 is 0 Å². The molecule has 2 aromatic rings. The summed E-state index contributed by atoms with van der Waals surface area (Å²) in [4.78, 5) is 30.5. The maximum absolute atomic E-state index is 12.5. The van der Waals surface area contributed by atoms with Crippen molar-refractivity contribution < 1.29 is 14.3 Å². The Morgan fingerprint density at radius 3 is 2.37 bits per heavy atom. The van der Waals surface area contributed by atoms with Crippen LogP contribution in [-0.4, -0.2) is 68.6 Å². The highest BCUT2D eigenvalue weighted by atomic mass is 16.5. The maximum atomic E-state index is 12.5. The molecule has 2 aromatic carbocycles.